The van der Waals surface area contributed by atoms with Gasteiger partial charge in [0.1, 0.15) is 16.7 Å². The van der Waals surface area contributed by atoms with E-state index in [-0.39, 0.29) is 5.91 Å². The van der Waals surface area contributed by atoms with Crippen molar-refractivity contribution in [3.05, 3.63) is 23.5 Å². The summed E-state index contributed by atoms with van der Waals surface area (Å²) in [4.78, 5) is 16.4. The number of nitrogens with one attached hydrogen (secondary N) is 1. The number of nitrogens with zero attached hydrogens (tertiary/aromatic N) is 4. The van der Waals surface area contributed by atoms with Crippen LogP contribution in [0.1, 0.15) is 30.8 Å². The molecule has 110 valence electrons. The number of aryl methyl sites for hydroxylation is 1. The molecule has 0 bridgehead atoms. The molecule has 7 heteroatoms. The molecule has 1 atom stereocenters. The van der Waals surface area contributed by atoms with Crippen molar-refractivity contribution in [2.24, 2.45) is 13.0 Å². The van der Waals surface area contributed by atoms with Crippen LogP contribution < -0.4 is 5.32 Å². The third-order valence-electron chi connectivity index (χ3n) is 2.86. The molecule has 0 fully saturated rings. The first-order valence-electron chi connectivity index (χ1n) is 6.64. The highest BCUT2D eigenvalue weighted by Gasteiger charge is 2.17. The van der Waals surface area contributed by atoms with E-state index in [1.165, 1.54) is 11.3 Å². The van der Waals surface area contributed by atoms with Gasteiger partial charge in [-0.25, -0.2) is 4.98 Å². The minimum absolute atomic E-state index is 0.311. The summed E-state index contributed by atoms with van der Waals surface area (Å²) in [5.41, 5.74) is 1.21. The van der Waals surface area contributed by atoms with Crippen LogP contribution in [0, 0.1) is 17.2 Å². The van der Waals surface area contributed by atoms with Crippen molar-refractivity contribution in [2.75, 3.05) is 0 Å². The molecule has 0 aliphatic heterocycles. The summed E-state index contributed by atoms with van der Waals surface area (Å²) in [7, 11) is 1.83. The lowest BCUT2D eigenvalue weighted by molar-refractivity contribution is 0.0938. The summed E-state index contributed by atoms with van der Waals surface area (Å²) >= 11 is 1.38. The fourth-order valence-electron chi connectivity index (χ4n) is 1.89. The van der Waals surface area contributed by atoms with Gasteiger partial charge >= 0.3 is 0 Å². The first-order valence-corrected chi connectivity index (χ1v) is 7.52. The van der Waals surface area contributed by atoms with E-state index in [0.29, 0.717) is 18.0 Å². The number of carbonyl (C=O) groups is 1. The maximum absolute atomic E-state index is 12.1. The first-order chi connectivity index (χ1) is 9.99. The molecule has 1 unspecified atom stereocenters. The molecule has 0 radical (unpaired) electrons. The molecule has 2 heterocycles. The minimum atomic E-state index is -0.485. The number of amides is 1. The van der Waals surface area contributed by atoms with Gasteiger partial charge in [-0.2, -0.15) is 10.4 Å². The van der Waals surface area contributed by atoms with E-state index in [2.05, 4.69) is 21.5 Å². The third-order valence-corrected chi connectivity index (χ3v) is 3.75. The molecule has 0 spiro atoms. The van der Waals surface area contributed by atoms with E-state index in [9.17, 15) is 4.79 Å². The Balaban J connectivity index is 2.07. The normalized spacial score (nSPS) is 12.1. The zero-order valence-corrected chi connectivity index (χ0v) is 13.0. The Bertz CT molecular complexity index is 667. The lowest BCUT2D eigenvalue weighted by Gasteiger charge is -2.12. The number of nitriles is 1. The van der Waals surface area contributed by atoms with Gasteiger partial charge in [0.25, 0.3) is 5.91 Å². The van der Waals surface area contributed by atoms with Gasteiger partial charge in [0, 0.05) is 24.2 Å². The Morgan fingerprint density at radius 3 is 2.90 bits per heavy atom. The van der Waals surface area contributed by atoms with Gasteiger partial charge in [0.2, 0.25) is 0 Å². The molecule has 0 saturated heterocycles. The van der Waals surface area contributed by atoms with Gasteiger partial charge in [0.05, 0.1) is 12.3 Å². The molecule has 0 aliphatic carbocycles. The second-order valence-electron chi connectivity index (χ2n) is 5.23. The topological polar surface area (TPSA) is 83.6 Å². The molecule has 0 saturated carbocycles. The van der Waals surface area contributed by atoms with Crippen LogP contribution in [0.15, 0.2) is 17.8 Å². The van der Waals surface area contributed by atoms with Crippen molar-refractivity contribution in [1.82, 2.24) is 20.1 Å². The summed E-state index contributed by atoms with van der Waals surface area (Å²) in [5, 5.41) is 18.3. The van der Waals surface area contributed by atoms with E-state index in [0.717, 1.165) is 10.6 Å². The molecule has 1 amide bonds. The smallest absolute Gasteiger partial charge is 0.271 e. The Hall–Kier alpha value is -2.20. The molecular formula is C14H17N5OS. The molecule has 0 aliphatic rings. The SMILES string of the molecule is CC(C)CC(C#N)NC(=O)c1csc(-c2cnn(C)c2)n1. The van der Waals surface area contributed by atoms with Gasteiger partial charge in [-0.05, 0) is 12.3 Å². The van der Waals surface area contributed by atoms with Gasteiger partial charge in [-0.3, -0.25) is 9.48 Å². The van der Waals surface area contributed by atoms with E-state index >= 15 is 0 Å². The second-order valence-corrected chi connectivity index (χ2v) is 6.08. The zero-order chi connectivity index (χ0) is 15.4. The van der Waals surface area contributed by atoms with Crippen molar-refractivity contribution in [3.63, 3.8) is 0 Å². The molecule has 2 rings (SSSR count). The Morgan fingerprint density at radius 2 is 2.33 bits per heavy atom. The summed E-state index contributed by atoms with van der Waals surface area (Å²) in [6, 6.07) is 1.62. The molecule has 2 aromatic rings. The van der Waals surface area contributed by atoms with E-state index < -0.39 is 6.04 Å². The number of hydrogen-bond donors (Lipinski definition) is 1. The van der Waals surface area contributed by atoms with Crippen LogP contribution >= 0.6 is 11.3 Å². The number of aromatic nitrogens is 3. The van der Waals surface area contributed by atoms with E-state index in [4.69, 9.17) is 5.26 Å². The van der Waals surface area contributed by atoms with Crippen molar-refractivity contribution in [1.29, 1.82) is 5.26 Å². The van der Waals surface area contributed by atoms with E-state index in [1.807, 2.05) is 27.1 Å². The Labute approximate surface area is 127 Å². The lowest BCUT2D eigenvalue weighted by atomic mass is 10.0. The third kappa shape index (κ3) is 3.89. The predicted molar refractivity (Wildman–Crippen MR) is 80.6 cm³/mol. The van der Waals surface area contributed by atoms with Crippen molar-refractivity contribution < 1.29 is 4.79 Å². The number of thiazole rings is 1. The van der Waals surface area contributed by atoms with E-state index in [1.54, 1.807) is 16.3 Å². The Morgan fingerprint density at radius 1 is 1.57 bits per heavy atom. The maximum atomic E-state index is 12.1. The van der Waals surface area contributed by atoms with Crippen molar-refractivity contribution in [2.45, 2.75) is 26.3 Å². The van der Waals surface area contributed by atoms with Gasteiger partial charge in [0.15, 0.2) is 0 Å². The minimum Gasteiger partial charge on any atom is -0.335 e. The fourth-order valence-corrected chi connectivity index (χ4v) is 2.67. The highest BCUT2D eigenvalue weighted by Crippen LogP contribution is 2.22. The van der Waals surface area contributed by atoms with Crippen LogP contribution in [-0.2, 0) is 7.05 Å². The molecule has 2 aromatic heterocycles. The van der Waals surface area contributed by atoms with Crippen LogP contribution in [-0.4, -0.2) is 26.7 Å². The molecule has 1 N–H and O–H groups in total. The summed E-state index contributed by atoms with van der Waals surface area (Å²) < 4.78 is 1.69. The standard InChI is InChI=1S/C14H17N5OS/c1-9(2)4-11(5-15)17-13(20)12-8-21-14(18-12)10-6-16-19(3)7-10/h6-9,11H,4H2,1-3H3,(H,17,20). The van der Waals surface area contributed by atoms with Gasteiger partial charge in [-0.15, -0.1) is 11.3 Å². The highest BCUT2D eigenvalue weighted by molar-refractivity contribution is 7.13. The monoisotopic (exact) mass is 303 g/mol. The molecule has 6 nitrogen and oxygen atoms in total. The van der Waals surface area contributed by atoms with Crippen LogP contribution in [0.3, 0.4) is 0 Å². The quantitative estimate of drug-likeness (QED) is 0.918. The first kappa shape index (κ1) is 15.2. The van der Waals surface area contributed by atoms with Crippen molar-refractivity contribution >= 4 is 17.2 Å². The lowest BCUT2D eigenvalue weighted by Crippen LogP contribution is -2.34. The van der Waals surface area contributed by atoms with Gasteiger partial charge < -0.3 is 5.32 Å². The summed E-state index contributed by atoms with van der Waals surface area (Å²) in [5.74, 6) is 0.0323. The van der Waals surface area contributed by atoms with Crippen LogP contribution in [0.4, 0.5) is 0 Å². The molecule has 0 aromatic carbocycles. The predicted octanol–water partition coefficient (Wildman–Crippen LogP) is 2.21. The van der Waals surface area contributed by atoms with Crippen LogP contribution in [0.2, 0.25) is 0 Å². The number of rotatable bonds is 5. The summed E-state index contributed by atoms with van der Waals surface area (Å²) in [6.07, 6.45) is 4.18. The van der Waals surface area contributed by atoms with Crippen LogP contribution in [0.5, 0.6) is 0 Å². The fraction of sp³-hybridized carbons (Fsp3) is 0.429. The van der Waals surface area contributed by atoms with Crippen LogP contribution in [0.25, 0.3) is 10.6 Å². The average molecular weight is 303 g/mol. The second kappa shape index (κ2) is 6.50. The van der Waals surface area contributed by atoms with Crippen molar-refractivity contribution in [3.8, 4) is 16.6 Å². The maximum Gasteiger partial charge on any atom is 0.271 e. The average Bonchev–Trinajstić information content (AvgIpc) is 3.05. The Kier molecular flexibility index (Phi) is 4.70. The zero-order valence-electron chi connectivity index (χ0n) is 12.2. The largest absolute Gasteiger partial charge is 0.335 e. The number of carbonyl (C=O) groups excluding carboxylic acids is 1. The number of hydrogen-bond acceptors (Lipinski definition) is 5. The highest BCUT2D eigenvalue weighted by atomic mass is 32.1. The molecular weight excluding hydrogens is 286 g/mol. The molecule has 21 heavy (non-hydrogen) atoms. The van der Waals surface area contributed by atoms with Gasteiger partial charge in [-0.1, -0.05) is 13.8 Å². The summed E-state index contributed by atoms with van der Waals surface area (Å²) in [6.45, 7) is 4.03.